The lowest BCUT2D eigenvalue weighted by Crippen LogP contribution is -0.381. The maximum absolute atomic E-state index is 0. The molecule has 62 valence electrons. The number of rotatable bonds is 0. The number of hydrogen-bond donors (Lipinski definition) is 0. The van der Waals surface area contributed by atoms with Gasteiger partial charge in [-0.25, -0.2) is 0 Å². The van der Waals surface area contributed by atoms with Gasteiger partial charge in [-0.05, 0) is 0 Å². The average Bonchev–Trinajstić information content (AvgIpc) is 0. The fraction of sp³-hybridized carbons (Fsp3) is 0. The average molecular weight is 172 g/mol. The zero-order valence-corrected chi connectivity index (χ0v) is 4.50. The summed E-state index contributed by atoms with van der Waals surface area (Å²) in [5, 5.41) is 0. The van der Waals surface area contributed by atoms with Gasteiger partial charge in [0.25, 0.3) is 0 Å². The highest BCUT2D eigenvalue weighted by Crippen LogP contribution is 0.648. The van der Waals surface area contributed by atoms with Crippen LogP contribution in [-0.2, 0) is 0 Å². The summed E-state index contributed by atoms with van der Waals surface area (Å²) in [6.07, 6.45) is 0. The van der Waals surface area contributed by atoms with E-state index >= 15 is 0 Å². The minimum Gasteiger partial charge on any atom is -0.412 e. The van der Waals surface area contributed by atoms with Crippen molar-refractivity contribution in [2.24, 2.45) is 0 Å². The van der Waals surface area contributed by atoms with Gasteiger partial charge in [-0.2, -0.15) is 13.5 Å². The molecule has 0 bridgehead atoms. The van der Waals surface area contributed by atoms with Gasteiger partial charge in [0.1, 0.15) is 0 Å². The highest BCUT2D eigenvalue weighted by molar-refractivity contribution is 7.59. The predicted molar refractivity (Wildman–Crippen MR) is 42.0 cm³/mol. The van der Waals surface area contributed by atoms with E-state index in [2.05, 4.69) is 0 Å². The summed E-state index contributed by atoms with van der Waals surface area (Å²) in [7, 11) is 0. The maximum atomic E-state index is 0. The molecule has 6 nitrogen and oxygen atoms in total. The molecule has 0 aliphatic carbocycles. The molecule has 0 aromatic rings. The van der Waals surface area contributed by atoms with Gasteiger partial charge in [0.15, 0.2) is 17.4 Å². The van der Waals surface area contributed by atoms with Crippen molar-refractivity contribution in [3.8, 4) is 0 Å². The number of hydrogen-bond acceptors (Lipinski definition) is 0. The summed E-state index contributed by atoms with van der Waals surface area (Å²) in [5.74, 6) is 0. The van der Waals surface area contributed by atoms with Crippen molar-refractivity contribution in [2.75, 3.05) is 0 Å². The molecule has 0 saturated heterocycles. The van der Waals surface area contributed by atoms with E-state index in [-0.39, 0.29) is 63.7 Å². The van der Waals surface area contributed by atoms with E-state index < -0.39 is 0 Å². The molecule has 0 aliphatic rings. The first-order valence-electron chi connectivity index (χ1n) is 0. The first kappa shape index (κ1) is 1220. The van der Waals surface area contributed by atoms with Gasteiger partial charge in [-0.1, -0.05) is 0 Å². The van der Waals surface area contributed by atoms with Gasteiger partial charge in [-0.15, -0.1) is 0 Å². The fourth-order valence-corrected chi connectivity index (χ4v) is 0. The predicted octanol–water partition coefficient (Wildman–Crippen LogP) is -6.02. The zero-order valence-electron chi connectivity index (χ0n) is 3.50. The molecule has 0 spiro atoms. The van der Waals surface area contributed by atoms with Gasteiger partial charge in [0, 0.05) is 0 Å². The van der Waals surface area contributed by atoms with Crippen molar-refractivity contribution < 1.29 is 32.9 Å². The zero-order chi connectivity index (χ0) is 0. The molecular weight excluding hydrogens is 155 g/mol. The van der Waals surface area contributed by atoms with E-state index in [0.29, 0.717) is 0 Å². The Morgan fingerprint density at radius 2 is 0.375 bits per heavy atom. The molecule has 0 radical (unpaired) electrons. The van der Waals surface area contributed by atoms with Crippen molar-refractivity contribution in [3.05, 3.63) is 0 Å². The van der Waals surface area contributed by atoms with Crippen LogP contribution in [0, 0.1) is 0 Å². The van der Waals surface area contributed by atoms with Crippen LogP contribution in [-0.4, -0.2) is 50.2 Å². The lowest BCUT2D eigenvalue weighted by Gasteiger charge is -0.413. The molecular formula is H17AlO6S. The van der Waals surface area contributed by atoms with Crippen molar-refractivity contribution in [1.29, 1.82) is 0 Å². The first-order chi connectivity index (χ1) is 0. The summed E-state index contributed by atoms with van der Waals surface area (Å²) < 4.78 is 0. The molecule has 8 heteroatoms. The third kappa shape index (κ3) is 512. The molecule has 0 aliphatic heterocycles. The second kappa shape index (κ2) is 817. The Labute approximate surface area is 64.3 Å². The van der Waals surface area contributed by atoms with Crippen molar-refractivity contribution in [3.63, 3.8) is 0 Å². The van der Waals surface area contributed by atoms with Crippen molar-refractivity contribution in [2.45, 2.75) is 0 Å². The van der Waals surface area contributed by atoms with Crippen LogP contribution in [0.4, 0.5) is 0 Å². The molecule has 0 heterocycles. The smallest absolute Gasteiger partial charge is 0.187 e. The Morgan fingerprint density at radius 1 is 0.375 bits per heavy atom. The quantitative estimate of drug-likeness (QED) is 0.314. The molecule has 0 unspecified atom stereocenters. The summed E-state index contributed by atoms with van der Waals surface area (Å²) in [6, 6.07) is 0. The molecule has 0 fully saturated rings. The minimum atomic E-state index is 0. The first-order valence-corrected chi connectivity index (χ1v) is 0. The van der Waals surface area contributed by atoms with Crippen LogP contribution in [0.15, 0.2) is 0 Å². The normalized spacial score (nSPS) is 0. The fourth-order valence-electron chi connectivity index (χ4n) is 0. The standard InChI is InChI=1S/Al.6H2O.H2S.3H/h;7*1H2;;;. The minimum absolute atomic E-state index is 0. The van der Waals surface area contributed by atoms with Crippen LogP contribution < -0.4 is 0 Å². The summed E-state index contributed by atoms with van der Waals surface area (Å²) >= 11 is 0. The Morgan fingerprint density at radius 3 is 0.375 bits per heavy atom. The lowest BCUT2D eigenvalue weighted by atomic mass is 16.0. The summed E-state index contributed by atoms with van der Waals surface area (Å²) in [4.78, 5) is 0. The summed E-state index contributed by atoms with van der Waals surface area (Å²) in [5.41, 5.74) is 0. The Balaban J connectivity index is 0. The highest BCUT2D eigenvalue weighted by atomic mass is 32.1. The Hall–Kier alpha value is 0.642. The van der Waals surface area contributed by atoms with E-state index in [9.17, 15) is 0 Å². The van der Waals surface area contributed by atoms with E-state index in [0.717, 1.165) is 0 Å². The van der Waals surface area contributed by atoms with Crippen LogP contribution >= 0.6 is 13.5 Å². The van der Waals surface area contributed by atoms with Gasteiger partial charge in [0.2, 0.25) is 0 Å². The molecule has 0 aromatic carbocycles. The third-order valence-electron chi connectivity index (χ3n) is 0. The van der Waals surface area contributed by atoms with Crippen LogP contribution in [0.5, 0.6) is 0 Å². The highest BCUT2D eigenvalue weighted by Gasteiger charge is 0.187. The van der Waals surface area contributed by atoms with Crippen LogP contribution in [0.1, 0.15) is 0 Å². The molecule has 0 saturated carbocycles. The SMILES string of the molecule is O.O.O.O.O.O.S.[AlH3]. The topological polar surface area (TPSA) is 189 Å². The molecule has 0 amide bonds. The Kier molecular flexibility index (Phi) is 125000. The lowest BCUT2D eigenvalue weighted by molar-refractivity contribution is 0.823. The van der Waals surface area contributed by atoms with Crippen molar-refractivity contribution in [1.82, 2.24) is 0 Å². The van der Waals surface area contributed by atoms with Gasteiger partial charge >= 0.3 is 0 Å². The summed E-state index contributed by atoms with van der Waals surface area (Å²) in [6.45, 7) is 0. The second-order valence-corrected chi connectivity index (χ2v) is 0. The maximum Gasteiger partial charge on any atom is 0.187 e. The molecule has 0 atom stereocenters. The van der Waals surface area contributed by atoms with Crippen molar-refractivity contribution >= 4 is 30.9 Å². The monoisotopic (exact) mass is 172 g/mol. The molecule has 8 heavy (non-hydrogen) atoms. The van der Waals surface area contributed by atoms with Gasteiger partial charge in [-0.3, -0.25) is 0 Å². The van der Waals surface area contributed by atoms with E-state index in [1.165, 1.54) is 0 Å². The third-order valence-corrected chi connectivity index (χ3v) is 0. The van der Waals surface area contributed by atoms with Gasteiger partial charge < -0.3 is 32.9 Å². The Bertz CT molecular complexity index is 8.49. The van der Waals surface area contributed by atoms with Crippen LogP contribution in [0.3, 0.4) is 0 Å². The van der Waals surface area contributed by atoms with Crippen LogP contribution in [0.2, 0.25) is 0 Å². The molecule has 12 N–H and O–H groups in total. The largest absolute Gasteiger partial charge is 0.412 e. The molecule has 0 rings (SSSR count). The van der Waals surface area contributed by atoms with E-state index in [4.69, 9.17) is 0 Å². The second-order valence-electron chi connectivity index (χ2n) is 0. The molecule has 0 aromatic heterocycles. The van der Waals surface area contributed by atoms with Gasteiger partial charge in [0.05, 0.1) is 0 Å². The van der Waals surface area contributed by atoms with E-state index in [1.807, 2.05) is 0 Å². The van der Waals surface area contributed by atoms with Crippen LogP contribution in [0.25, 0.3) is 0 Å². The van der Waals surface area contributed by atoms with E-state index in [1.54, 1.807) is 0 Å².